The second-order valence-corrected chi connectivity index (χ2v) is 11.2. The lowest BCUT2D eigenvalue weighted by molar-refractivity contribution is 0.0664. The van der Waals surface area contributed by atoms with Crippen LogP contribution in [0.25, 0.3) is 23.0 Å². The number of amides is 1. The summed E-state index contributed by atoms with van der Waals surface area (Å²) in [5.74, 6) is 0.972. The molecule has 0 unspecified atom stereocenters. The molecule has 0 radical (unpaired) electrons. The van der Waals surface area contributed by atoms with Crippen molar-refractivity contribution in [3.63, 3.8) is 0 Å². The van der Waals surface area contributed by atoms with Gasteiger partial charge in [-0.25, -0.2) is 0 Å². The Morgan fingerprint density at radius 3 is 2.52 bits per heavy atom. The van der Waals surface area contributed by atoms with Crippen molar-refractivity contribution in [2.45, 2.75) is 44.6 Å². The minimum absolute atomic E-state index is 0.0792. The van der Waals surface area contributed by atoms with E-state index in [9.17, 15) is 9.90 Å². The number of aryl methyl sites for hydroxylation is 1. The summed E-state index contributed by atoms with van der Waals surface area (Å²) in [4.78, 5) is 21.8. The third-order valence-corrected chi connectivity index (χ3v) is 8.58. The van der Waals surface area contributed by atoms with Gasteiger partial charge in [0.2, 0.25) is 5.82 Å². The molecule has 0 atom stereocenters. The molecule has 0 bridgehead atoms. The van der Waals surface area contributed by atoms with Crippen molar-refractivity contribution in [3.8, 4) is 23.0 Å². The first-order valence-corrected chi connectivity index (χ1v) is 14.1. The average Bonchev–Trinajstić information content (AvgIpc) is 3.58. The molecule has 208 valence electrons. The zero-order valence-corrected chi connectivity index (χ0v) is 23.2. The number of aliphatic hydroxyl groups excluding tert-OH is 1. The van der Waals surface area contributed by atoms with E-state index in [4.69, 9.17) is 9.62 Å². The van der Waals surface area contributed by atoms with Crippen LogP contribution in [0.3, 0.4) is 0 Å². The topological polar surface area (TPSA) is 101 Å². The maximum atomic E-state index is 13.0. The molecule has 9 heteroatoms. The first-order valence-electron chi connectivity index (χ1n) is 14.1. The Morgan fingerprint density at radius 1 is 1.05 bits per heavy atom. The molecule has 1 aliphatic carbocycles. The molecule has 0 spiro atoms. The van der Waals surface area contributed by atoms with Crippen molar-refractivity contribution in [1.82, 2.24) is 29.7 Å². The number of carbonyl (C=O) groups excluding carboxylic acids is 1. The zero-order chi connectivity index (χ0) is 27.7. The van der Waals surface area contributed by atoms with Gasteiger partial charge in [0, 0.05) is 49.6 Å². The highest BCUT2D eigenvalue weighted by Gasteiger charge is 2.37. The summed E-state index contributed by atoms with van der Waals surface area (Å²) in [6.45, 7) is 6.04. The van der Waals surface area contributed by atoms with Crippen molar-refractivity contribution >= 4 is 5.91 Å². The number of likely N-dealkylation sites (N-methyl/N-ethyl adjacent to an activating group) is 1. The number of hydrogen-bond donors (Lipinski definition) is 1. The van der Waals surface area contributed by atoms with Crippen LogP contribution in [0, 0.1) is 6.92 Å². The molecule has 1 saturated carbocycles. The van der Waals surface area contributed by atoms with Crippen LogP contribution >= 0.6 is 0 Å². The molecule has 3 heterocycles. The molecule has 1 amide bonds. The highest BCUT2D eigenvalue weighted by molar-refractivity contribution is 5.94. The lowest BCUT2D eigenvalue weighted by atomic mass is 9.62. The molecule has 2 fully saturated rings. The molecule has 2 aromatic carbocycles. The molecular formula is C31H36N6O3. The van der Waals surface area contributed by atoms with Crippen LogP contribution in [0.2, 0.25) is 0 Å². The Labute approximate surface area is 234 Å². The number of hydrogen-bond acceptors (Lipinski definition) is 7. The van der Waals surface area contributed by atoms with Gasteiger partial charge < -0.3 is 19.4 Å². The summed E-state index contributed by atoms with van der Waals surface area (Å²) in [6.07, 6.45) is 4.26. The van der Waals surface area contributed by atoms with Crippen molar-refractivity contribution in [2.75, 3.05) is 39.8 Å². The Kier molecular flexibility index (Phi) is 7.25. The third kappa shape index (κ3) is 5.19. The largest absolute Gasteiger partial charge is 0.396 e. The van der Waals surface area contributed by atoms with Crippen LogP contribution in [-0.2, 0) is 12.0 Å². The van der Waals surface area contributed by atoms with Gasteiger partial charge in [0.05, 0.1) is 6.54 Å². The summed E-state index contributed by atoms with van der Waals surface area (Å²) in [5, 5.41) is 18.5. The number of piperazine rings is 1. The molecule has 1 saturated heterocycles. The fourth-order valence-corrected chi connectivity index (χ4v) is 5.86. The SMILES string of the molecule is Cc1cc(-c2nc(-c3ccc(C4(CCO)CCC4)cc3)no2)nn1Cc1cccc(C(=O)N2CCN(C)CC2)c1. The molecule has 6 rings (SSSR count). The van der Waals surface area contributed by atoms with E-state index in [1.165, 1.54) is 12.0 Å². The van der Waals surface area contributed by atoms with Crippen molar-refractivity contribution in [2.24, 2.45) is 0 Å². The van der Waals surface area contributed by atoms with Gasteiger partial charge >= 0.3 is 0 Å². The van der Waals surface area contributed by atoms with Crippen molar-refractivity contribution in [1.29, 1.82) is 0 Å². The van der Waals surface area contributed by atoms with Crippen molar-refractivity contribution in [3.05, 3.63) is 77.0 Å². The van der Waals surface area contributed by atoms with E-state index < -0.39 is 0 Å². The number of benzene rings is 2. The van der Waals surface area contributed by atoms with E-state index in [-0.39, 0.29) is 17.9 Å². The number of aliphatic hydroxyl groups is 1. The molecule has 4 aromatic rings. The Hall–Kier alpha value is -3.82. The minimum Gasteiger partial charge on any atom is -0.396 e. The molecular weight excluding hydrogens is 504 g/mol. The zero-order valence-electron chi connectivity index (χ0n) is 23.2. The second kappa shape index (κ2) is 11.0. The van der Waals surface area contributed by atoms with Crippen LogP contribution in [0.15, 0.2) is 59.1 Å². The molecule has 9 nitrogen and oxygen atoms in total. The average molecular weight is 541 g/mol. The number of rotatable bonds is 8. The smallest absolute Gasteiger partial charge is 0.278 e. The van der Waals surface area contributed by atoms with E-state index >= 15 is 0 Å². The standard InChI is InChI=1S/C31H36N6O3/c1-22-19-27(29-32-28(34-40-29)24-7-9-26(10-8-24)31(13-18-38)11-4-12-31)33-37(22)21-23-5-3-6-25(20-23)30(39)36-16-14-35(2)15-17-36/h3,5-10,19-20,38H,4,11-18,21H2,1-2H3. The van der Waals surface area contributed by atoms with Gasteiger partial charge in [-0.2, -0.15) is 10.1 Å². The summed E-state index contributed by atoms with van der Waals surface area (Å²) in [5.41, 5.74) is 5.56. The Morgan fingerprint density at radius 2 is 1.82 bits per heavy atom. The monoisotopic (exact) mass is 540 g/mol. The molecule has 1 aliphatic heterocycles. The summed E-state index contributed by atoms with van der Waals surface area (Å²) >= 11 is 0. The van der Waals surface area contributed by atoms with Gasteiger partial charge in [0.15, 0.2) is 5.69 Å². The lowest BCUT2D eigenvalue weighted by Crippen LogP contribution is -2.47. The van der Waals surface area contributed by atoms with Gasteiger partial charge in [0.25, 0.3) is 11.8 Å². The van der Waals surface area contributed by atoms with Crippen LogP contribution in [0.1, 0.15) is 52.9 Å². The fourth-order valence-electron chi connectivity index (χ4n) is 5.86. The molecule has 2 aromatic heterocycles. The maximum Gasteiger partial charge on any atom is 0.278 e. The molecule has 40 heavy (non-hydrogen) atoms. The lowest BCUT2D eigenvalue weighted by Gasteiger charge is -2.42. The first-order chi connectivity index (χ1) is 19.4. The molecule has 1 N–H and O–H groups in total. The van der Waals surface area contributed by atoms with Crippen molar-refractivity contribution < 1.29 is 14.4 Å². The van der Waals surface area contributed by atoms with E-state index in [0.29, 0.717) is 29.5 Å². The Bertz CT molecular complexity index is 1480. The van der Waals surface area contributed by atoms with Gasteiger partial charge in [-0.15, -0.1) is 0 Å². The predicted octanol–water partition coefficient (Wildman–Crippen LogP) is 4.15. The highest BCUT2D eigenvalue weighted by atomic mass is 16.5. The highest BCUT2D eigenvalue weighted by Crippen LogP contribution is 2.46. The van der Waals surface area contributed by atoms with E-state index in [2.05, 4.69) is 34.2 Å². The van der Waals surface area contributed by atoms with Gasteiger partial charge in [-0.3, -0.25) is 9.48 Å². The number of aromatic nitrogens is 4. The molecule has 2 aliphatic rings. The van der Waals surface area contributed by atoms with Gasteiger partial charge in [-0.05, 0) is 68.0 Å². The van der Waals surface area contributed by atoms with Crippen LogP contribution in [-0.4, -0.2) is 80.6 Å². The second-order valence-electron chi connectivity index (χ2n) is 11.2. The number of carbonyl (C=O) groups is 1. The van der Waals surface area contributed by atoms with Gasteiger partial charge in [-0.1, -0.05) is 48.0 Å². The first kappa shape index (κ1) is 26.4. The predicted molar refractivity (Wildman–Crippen MR) is 152 cm³/mol. The van der Waals surface area contributed by atoms with E-state index in [1.54, 1.807) is 0 Å². The number of nitrogens with zero attached hydrogens (tertiary/aromatic N) is 6. The normalized spacial score (nSPS) is 17.1. The summed E-state index contributed by atoms with van der Waals surface area (Å²) in [6, 6.07) is 18.1. The van der Waals surface area contributed by atoms with E-state index in [1.807, 2.05) is 59.0 Å². The summed E-state index contributed by atoms with van der Waals surface area (Å²) < 4.78 is 7.49. The quantitative estimate of drug-likeness (QED) is 0.358. The van der Waals surface area contributed by atoms with Crippen LogP contribution in [0.4, 0.5) is 0 Å². The van der Waals surface area contributed by atoms with Crippen LogP contribution in [0.5, 0.6) is 0 Å². The minimum atomic E-state index is 0.0792. The van der Waals surface area contributed by atoms with E-state index in [0.717, 1.165) is 62.3 Å². The fraction of sp³-hybridized carbons (Fsp3) is 0.419. The maximum absolute atomic E-state index is 13.0. The van der Waals surface area contributed by atoms with Gasteiger partial charge in [0.1, 0.15) is 0 Å². The Balaban J connectivity index is 1.15. The summed E-state index contributed by atoms with van der Waals surface area (Å²) in [7, 11) is 2.08. The van der Waals surface area contributed by atoms with Crippen LogP contribution < -0.4 is 0 Å². The third-order valence-electron chi connectivity index (χ3n) is 8.58.